The zero-order chi connectivity index (χ0) is 29.9. The van der Waals surface area contributed by atoms with Gasteiger partial charge in [-0.15, -0.1) is 0 Å². The van der Waals surface area contributed by atoms with Gasteiger partial charge in [0.05, 0.1) is 58.7 Å². The highest BCUT2D eigenvalue weighted by molar-refractivity contribution is 5.78. The quantitative estimate of drug-likeness (QED) is 0.169. The molecule has 2 N–H and O–H groups in total. The molecule has 14 nitrogen and oxygen atoms in total. The topological polar surface area (TPSA) is 153 Å². The molecule has 0 aromatic heterocycles. The molecule has 0 saturated carbocycles. The molecule has 0 aromatic rings. The summed E-state index contributed by atoms with van der Waals surface area (Å²) < 4.78 is 15.4. The highest BCUT2D eigenvalue weighted by atomic mass is 16.5. The Bertz CT molecular complexity index is 737. The van der Waals surface area contributed by atoms with E-state index in [0.29, 0.717) is 52.4 Å². The molecule has 1 atom stereocenters. The Balaban J connectivity index is 3.09. The molecular weight excluding hydrogens is 526 g/mol. The molecule has 0 bridgehead atoms. The van der Waals surface area contributed by atoms with E-state index in [1.54, 1.807) is 27.8 Å². The molecule has 0 aromatic carbocycles. The molecular formula is C26H49N5O9. The van der Waals surface area contributed by atoms with Gasteiger partial charge in [-0.2, -0.15) is 0 Å². The van der Waals surface area contributed by atoms with Crippen LogP contribution in [0.4, 0.5) is 0 Å². The molecule has 1 rings (SSSR count). The van der Waals surface area contributed by atoms with Crippen molar-refractivity contribution in [2.75, 3.05) is 119 Å². The van der Waals surface area contributed by atoms with Crippen LogP contribution < -0.4 is 0 Å². The Kier molecular flexibility index (Phi) is 18.3. The van der Waals surface area contributed by atoms with E-state index in [1.807, 2.05) is 19.6 Å². The predicted molar refractivity (Wildman–Crippen MR) is 146 cm³/mol. The number of aliphatic hydroxyl groups excluding tert-OH is 2. The number of hydrogen-bond donors (Lipinski definition) is 2. The van der Waals surface area contributed by atoms with Crippen LogP contribution in [-0.2, 0) is 33.4 Å². The van der Waals surface area contributed by atoms with Crippen LogP contribution in [0.1, 0.15) is 20.8 Å². The highest BCUT2D eigenvalue weighted by Gasteiger charge is 2.23. The highest BCUT2D eigenvalue weighted by Crippen LogP contribution is 2.04. The van der Waals surface area contributed by atoms with Gasteiger partial charge in [0.2, 0.25) is 5.91 Å². The molecule has 0 radical (unpaired) electrons. The van der Waals surface area contributed by atoms with Gasteiger partial charge in [-0.1, -0.05) is 0 Å². The molecule has 1 saturated heterocycles. The fraction of sp³-hybridized carbons (Fsp3) is 0.846. The van der Waals surface area contributed by atoms with Gasteiger partial charge >= 0.3 is 17.9 Å². The summed E-state index contributed by atoms with van der Waals surface area (Å²) in [5.41, 5.74) is 0. The van der Waals surface area contributed by atoms with E-state index in [2.05, 4.69) is 0 Å². The van der Waals surface area contributed by atoms with E-state index in [1.165, 1.54) is 4.90 Å². The molecule has 1 aliphatic heterocycles. The molecule has 1 aliphatic rings. The van der Waals surface area contributed by atoms with Crippen molar-refractivity contribution in [3.8, 4) is 0 Å². The van der Waals surface area contributed by atoms with Gasteiger partial charge in [0.1, 0.15) is 0 Å². The molecule has 1 fully saturated rings. The summed E-state index contributed by atoms with van der Waals surface area (Å²) >= 11 is 0. The third kappa shape index (κ3) is 15.4. The third-order valence-corrected chi connectivity index (χ3v) is 6.38. The molecule has 1 unspecified atom stereocenters. The first-order chi connectivity index (χ1) is 19.1. The Morgan fingerprint density at radius 2 is 0.950 bits per heavy atom. The maximum atomic E-state index is 12.9. The molecule has 0 spiro atoms. The van der Waals surface area contributed by atoms with E-state index in [4.69, 9.17) is 19.3 Å². The predicted octanol–water partition coefficient (Wildman–Crippen LogP) is -2.29. The number of amides is 1. The van der Waals surface area contributed by atoms with Crippen LogP contribution in [0.3, 0.4) is 0 Å². The third-order valence-electron chi connectivity index (χ3n) is 6.38. The second-order valence-corrected chi connectivity index (χ2v) is 9.63. The van der Waals surface area contributed by atoms with Crippen molar-refractivity contribution in [1.82, 2.24) is 24.5 Å². The van der Waals surface area contributed by atoms with Crippen molar-refractivity contribution < 1.29 is 43.6 Å². The van der Waals surface area contributed by atoms with Crippen molar-refractivity contribution in [2.24, 2.45) is 0 Å². The van der Waals surface area contributed by atoms with Gasteiger partial charge in [-0.25, -0.2) is 0 Å². The number of aliphatic hydroxyl groups is 2. The van der Waals surface area contributed by atoms with Crippen LogP contribution in [0.5, 0.6) is 0 Å². The zero-order valence-corrected chi connectivity index (χ0v) is 24.6. The number of hydrogen-bond acceptors (Lipinski definition) is 13. The van der Waals surface area contributed by atoms with Gasteiger partial charge in [0.15, 0.2) is 0 Å². The SMILES string of the molecule is CCOC(=O)CN1CCN(CC(=O)OCC)CCN(CC(=O)N(C)CC(O)CO)CCN(CC(=O)OCC)CC1. The first-order valence-electron chi connectivity index (χ1n) is 14.0. The zero-order valence-electron chi connectivity index (χ0n) is 24.6. The summed E-state index contributed by atoms with van der Waals surface area (Å²) in [5, 5.41) is 18.9. The molecule has 0 aliphatic carbocycles. The second-order valence-electron chi connectivity index (χ2n) is 9.63. The fourth-order valence-electron chi connectivity index (χ4n) is 4.17. The largest absolute Gasteiger partial charge is 0.465 e. The molecule has 40 heavy (non-hydrogen) atoms. The van der Waals surface area contributed by atoms with Crippen molar-refractivity contribution in [2.45, 2.75) is 26.9 Å². The van der Waals surface area contributed by atoms with Crippen molar-refractivity contribution >= 4 is 23.8 Å². The van der Waals surface area contributed by atoms with Crippen molar-refractivity contribution in [3.05, 3.63) is 0 Å². The number of carbonyl (C=O) groups is 4. The number of rotatable bonds is 14. The van der Waals surface area contributed by atoms with Crippen LogP contribution in [0.2, 0.25) is 0 Å². The number of carbonyl (C=O) groups excluding carboxylic acids is 4. The van der Waals surface area contributed by atoms with Crippen LogP contribution in [0, 0.1) is 0 Å². The van der Waals surface area contributed by atoms with Gasteiger partial charge in [0, 0.05) is 66.0 Å². The normalized spacial score (nSPS) is 17.8. The Hall–Kier alpha value is -2.36. The number of nitrogens with zero attached hydrogens (tertiary/aromatic N) is 5. The fourth-order valence-corrected chi connectivity index (χ4v) is 4.17. The average molecular weight is 576 g/mol. The summed E-state index contributed by atoms with van der Waals surface area (Å²) in [4.78, 5) is 58.8. The lowest BCUT2D eigenvalue weighted by Crippen LogP contribution is -2.50. The monoisotopic (exact) mass is 575 g/mol. The lowest BCUT2D eigenvalue weighted by Gasteiger charge is -2.33. The first kappa shape index (κ1) is 35.7. The van der Waals surface area contributed by atoms with Crippen LogP contribution >= 0.6 is 0 Å². The standard InChI is InChI=1S/C26H49N5O9/c1-5-38-24(35)18-29-10-8-28(17-23(34)27(4)16-22(33)21-32)9-11-30(19-25(36)39-6-2)13-15-31(14-12-29)20-26(37)40-7-3/h22,32-33H,5-21H2,1-4H3. The summed E-state index contributed by atoms with van der Waals surface area (Å²) in [6, 6.07) is 0. The summed E-state index contributed by atoms with van der Waals surface area (Å²) in [7, 11) is 1.57. The maximum Gasteiger partial charge on any atom is 0.320 e. The Morgan fingerprint density at radius 3 is 1.23 bits per heavy atom. The molecule has 14 heteroatoms. The van der Waals surface area contributed by atoms with E-state index in [0.717, 1.165) is 0 Å². The van der Waals surface area contributed by atoms with Gasteiger partial charge < -0.3 is 29.3 Å². The summed E-state index contributed by atoms with van der Waals surface area (Å²) in [5.74, 6) is -1.28. The molecule has 1 heterocycles. The molecule has 232 valence electrons. The molecule has 1 amide bonds. The van der Waals surface area contributed by atoms with Gasteiger partial charge in [-0.3, -0.25) is 38.8 Å². The Morgan fingerprint density at radius 1 is 0.650 bits per heavy atom. The van der Waals surface area contributed by atoms with Gasteiger partial charge in [-0.05, 0) is 20.8 Å². The van der Waals surface area contributed by atoms with Crippen molar-refractivity contribution in [1.29, 1.82) is 0 Å². The van der Waals surface area contributed by atoms with E-state index in [9.17, 15) is 24.3 Å². The average Bonchev–Trinajstić information content (AvgIpc) is 2.90. The van der Waals surface area contributed by atoms with Crippen molar-refractivity contribution in [3.63, 3.8) is 0 Å². The van der Waals surface area contributed by atoms with Gasteiger partial charge in [0.25, 0.3) is 0 Å². The van der Waals surface area contributed by atoms with Crippen LogP contribution in [0.25, 0.3) is 0 Å². The first-order valence-corrected chi connectivity index (χ1v) is 14.0. The maximum absolute atomic E-state index is 12.9. The second kappa shape index (κ2) is 20.5. The lowest BCUT2D eigenvalue weighted by atomic mass is 10.3. The van der Waals surface area contributed by atoms with E-state index < -0.39 is 12.7 Å². The minimum Gasteiger partial charge on any atom is -0.465 e. The lowest BCUT2D eigenvalue weighted by molar-refractivity contribution is -0.146. The van der Waals surface area contributed by atoms with E-state index >= 15 is 0 Å². The number of likely N-dealkylation sites (N-methyl/N-ethyl adjacent to an activating group) is 1. The number of ether oxygens (including phenoxy) is 3. The Labute approximate surface area is 237 Å². The smallest absolute Gasteiger partial charge is 0.320 e. The summed E-state index contributed by atoms with van der Waals surface area (Å²) in [6.07, 6.45) is -1.03. The van der Waals surface area contributed by atoms with Crippen LogP contribution in [-0.4, -0.2) is 183 Å². The minimum absolute atomic E-state index is 0.00341. The number of esters is 3. The van der Waals surface area contributed by atoms with Crippen LogP contribution in [0.15, 0.2) is 0 Å². The summed E-state index contributed by atoms with van der Waals surface area (Å²) in [6.45, 7) is 9.62. The van der Waals surface area contributed by atoms with E-state index in [-0.39, 0.29) is 76.4 Å². The minimum atomic E-state index is -1.03.